The number of nitrogens with one attached hydrogen (secondary N) is 1. The van der Waals surface area contributed by atoms with Crippen LogP contribution in [-0.4, -0.2) is 63.5 Å². The Bertz CT molecular complexity index is 218. The lowest BCUT2D eigenvalue weighted by Crippen LogP contribution is -2.41. The van der Waals surface area contributed by atoms with E-state index in [0.717, 1.165) is 19.6 Å². The number of hydrogen-bond donors (Lipinski definition) is 1. The van der Waals surface area contributed by atoms with Gasteiger partial charge in [-0.1, -0.05) is 19.3 Å². The van der Waals surface area contributed by atoms with Crippen molar-refractivity contribution in [1.82, 2.24) is 10.2 Å². The second-order valence-corrected chi connectivity index (χ2v) is 5.62. The maximum atomic E-state index is 5.49. The van der Waals surface area contributed by atoms with Gasteiger partial charge in [0.05, 0.1) is 12.2 Å². The van der Waals surface area contributed by atoms with Gasteiger partial charge in [0, 0.05) is 39.9 Å². The zero-order valence-corrected chi connectivity index (χ0v) is 11.9. The van der Waals surface area contributed by atoms with Crippen molar-refractivity contribution in [3.8, 4) is 0 Å². The van der Waals surface area contributed by atoms with Gasteiger partial charge >= 0.3 is 0 Å². The van der Waals surface area contributed by atoms with Crippen molar-refractivity contribution >= 4 is 0 Å². The minimum absolute atomic E-state index is 0.239. The summed E-state index contributed by atoms with van der Waals surface area (Å²) in [7, 11) is 3.57. The standard InChI is InChI=1S/C14H28N2O2/c1-17-13-10-16(11-14(13)18-2)9-12-7-5-3-4-6-8-15-12/h12-15H,3-11H2,1-2H3. The number of likely N-dealkylation sites (tertiary alicyclic amines) is 1. The quantitative estimate of drug-likeness (QED) is 0.821. The third kappa shape index (κ3) is 3.92. The van der Waals surface area contributed by atoms with E-state index in [1.807, 2.05) is 0 Å². The lowest BCUT2D eigenvalue weighted by Gasteiger charge is -2.26. The van der Waals surface area contributed by atoms with E-state index in [9.17, 15) is 0 Å². The lowest BCUT2D eigenvalue weighted by molar-refractivity contribution is -0.00461. The van der Waals surface area contributed by atoms with Crippen LogP contribution in [0.3, 0.4) is 0 Å². The molecule has 0 aromatic rings. The Morgan fingerprint density at radius 1 is 1.00 bits per heavy atom. The normalized spacial score (nSPS) is 35.3. The van der Waals surface area contributed by atoms with E-state index in [0.29, 0.717) is 6.04 Å². The fraction of sp³-hybridized carbons (Fsp3) is 1.00. The highest BCUT2D eigenvalue weighted by atomic mass is 16.5. The molecule has 2 fully saturated rings. The van der Waals surface area contributed by atoms with Crippen LogP contribution in [0, 0.1) is 0 Å². The Labute approximate surface area is 111 Å². The van der Waals surface area contributed by atoms with Crippen molar-refractivity contribution in [1.29, 1.82) is 0 Å². The molecule has 2 aliphatic rings. The summed E-state index contributed by atoms with van der Waals surface area (Å²) in [5, 5.41) is 3.69. The van der Waals surface area contributed by atoms with Gasteiger partial charge < -0.3 is 14.8 Å². The van der Waals surface area contributed by atoms with Gasteiger partial charge in [0.15, 0.2) is 0 Å². The van der Waals surface area contributed by atoms with Crippen LogP contribution >= 0.6 is 0 Å². The molecule has 18 heavy (non-hydrogen) atoms. The van der Waals surface area contributed by atoms with Gasteiger partial charge in [0.2, 0.25) is 0 Å². The monoisotopic (exact) mass is 256 g/mol. The summed E-state index contributed by atoms with van der Waals surface area (Å²) in [6.07, 6.45) is 7.28. The molecule has 0 bridgehead atoms. The van der Waals surface area contributed by atoms with Crippen LogP contribution < -0.4 is 5.32 Å². The molecular formula is C14H28N2O2. The molecule has 2 aliphatic heterocycles. The van der Waals surface area contributed by atoms with Crippen LogP contribution in [0.1, 0.15) is 32.1 Å². The first-order valence-electron chi connectivity index (χ1n) is 7.35. The van der Waals surface area contributed by atoms with E-state index in [1.54, 1.807) is 14.2 Å². The fourth-order valence-corrected chi connectivity index (χ4v) is 3.17. The largest absolute Gasteiger partial charge is 0.377 e. The van der Waals surface area contributed by atoms with Crippen LogP contribution in [0.15, 0.2) is 0 Å². The van der Waals surface area contributed by atoms with Crippen LogP contribution in [-0.2, 0) is 9.47 Å². The van der Waals surface area contributed by atoms with Crippen molar-refractivity contribution in [2.45, 2.75) is 50.4 Å². The van der Waals surface area contributed by atoms with Crippen LogP contribution in [0.2, 0.25) is 0 Å². The molecule has 3 atom stereocenters. The second-order valence-electron chi connectivity index (χ2n) is 5.62. The summed E-state index contributed by atoms with van der Waals surface area (Å²) >= 11 is 0. The predicted octanol–water partition coefficient (Wildman–Crippen LogP) is 1.25. The van der Waals surface area contributed by atoms with Crippen molar-refractivity contribution in [2.24, 2.45) is 0 Å². The topological polar surface area (TPSA) is 33.7 Å². The molecule has 3 unspecified atom stereocenters. The predicted molar refractivity (Wildman–Crippen MR) is 72.9 cm³/mol. The minimum Gasteiger partial charge on any atom is -0.377 e. The van der Waals surface area contributed by atoms with Crippen molar-refractivity contribution in [2.75, 3.05) is 40.4 Å². The van der Waals surface area contributed by atoms with E-state index in [-0.39, 0.29) is 12.2 Å². The number of ether oxygens (including phenoxy) is 2. The number of hydrogen-bond acceptors (Lipinski definition) is 4. The number of rotatable bonds is 4. The fourth-order valence-electron chi connectivity index (χ4n) is 3.17. The number of methoxy groups -OCH3 is 2. The molecule has 4 nitrogen and oxygen atoms in total. The van der Waals surface area contributed by atoms with Crippen molar-refractivity contribution < 1.29 is 9.47 Å². The van der Waals surface area contributed by atoms with Gasteiger partial charge in [-0.3, -0.25) is 4.90 Å². The lowest BCUT2D eigenvalue weighted by atomic mass is 10.0. The van der Waals surface area contributed by atoms with E-state index in [4.69, 9.17) is 9.47 Å². The first-order chi connectivity index (χ1) is 8.83. The third-order valence-electron chi connectivity index (χ3n) is 4.29. The molecule has 0 amide bonds. The molecule has 0 aromatic heterocycles. The van der Waals surface area contributed by atoms with Crippen LogP contribution in [0.5, 0.6) is 0 Å². The molecule has 0 spiro atoms. The summed E-state index contributed by atoms with van der Waals surface area (Å²) in [6, 6.07) is 0.651. The number of nitrogens with zero attached hydrogens (tertiary/aromatic N) is 1. The van der Waals surface area contributed by atoms with Crippen LogP contribution in [0.25, 0.3) is 0 Å². The smallest absolute Gasteiger partial charge is 0.0971 e. The highest BCUT2D eigenvalue weighted by Gasteiger charge is 2.33. The Morgan fingerprint density at radius 3 is 2.33 bits per heavy atom. The highest BCUT2D eigenvalue weighted by Crippen LogP contribution is 2.17. The zero-order valence-electron chi connectivity index (χ0n) is 11.9. The first kappa shape index (κ1) is 14.3. The summed E-state index contributed by atoms with van der Waals surface area (Å²) in [5.74, 6) is 0. The maximum Gasteiger partial charge on any atom is 0.0971 e. The zero-order chi connectivity index (χ0) is 12.8. The molecule has 0 aliphatic carbocycles. The summed E-state index contributed by atoms with van der Waals surface area (Å²) in [4.78, 5) is 2.49. The summed E-state index contributed by atoms with van der Waals surface area (Å²) in [5.41, 5.74) is 0. The van der Waals surface area contributed by atoms with Crippen molar-refractivity contribution in [3.05, 3.63) is 0 Å². The van der Waals surface area contributed by atoms with Gasteiger partial charge in [-0.05, 0) is 19.4 Å². The molecule has 0 radical (unpaired) electrons. The molecule has 2 heterocycles. The van der Waals surface area contributed by atoms with Crippen LogP contribution in [0.4, 0.5) is 0 Å². The first-order valence-corrected chi connectivity index (χ1v) is 7.35. The van der Waals surface area contributed by atoms with E-state index < -0.39 is 0 Å². The second kappa shape index (κ2) is 7.43. The molecule has 4 heteroatoms. The molecule has 106 valence electrons. The molecule has 2 rings (SSSR count). The van der Waals surface area contributed by atoms with Crippen molar-refractivity contribution in [3.63, 3.8) is 0 Å². The Hall–Kier alpha value is -0.160. The Balaban J connectivity index is 1.78. The Kier molecular flexibility index (Phi) is 5.89. The van der Waals surface area contributed by atoms with Gasteiger partial charge in [0.1, 0.15) is 0 Å². The van der Waals surface area contributed by atoms with E-state index in [2.05, 4.69) is 10.2 Å². The summed E-state index contributed by atoms with van der Waals surface area (Å²) in [6.45, 7) is 4.33. The van der Waals surface area contributed by atoms with Gasteiger partial charge in [-0.25, -0.2) is 0 Å². The van der Waals surface area contributed by atoms with Gasteiger partial charge in [-0.15, -0.1) is 0 Å². The molecule has 2 saturated heterocycles. The SMILES string of the molecule is COC1CN(CC2CCCCCCN2)CC1OC. The van der Waals surface area contributed by atoms with Gasteiger partial charge in [0.25, 0.3) is 0 Å². The Morgan fingerprint density at radius 2 is 1.67 bits per heavy atom. The molecular weight excluding hydrogens is 228 g/mol. The van der Waals surface area contributed by atoms with E-state index >= 15 is 0 Å². The van der Waals surface area contributed by atoms with E-state index in [1.165, 1.54) is 38.6 Å². The highest BCUT2D eigenvalue weighted by molar-refractivity contribution is 4.88. The maximum absolute atomic E-state index is 5.49. The average molecular weight is 256 g/mol. The molecule has 0 aromatic carbocycles. The third-order valence-corrected chi connectivity index (χ3v) is 4.29. The summed E-state index contributed by atoms with van der Waals surface area (Å²) < 4.78 is 11.0. The molecule has 0 saturated carbocycles. The minimum atomic E-state index is 0.239. The van der Waals surface area contributed by atoms with Gasteiger partial charge in [-0.2, -0.15) is 0 Å². The average Bonchev–Trinajstić information content (AvgIpc) is 2.74. The molecule has 1 N–H and O–H groups in total.